The molecule has 106 valence electrons. The molecule has 0 amide bonds. The van der Waals surface area contributed by atoms with Gasteiger partial charge in [0.2, 0.25) is 0 Å². The molecule has 0 fully saturated rings. The van der Waals surface area contributed by atoms with Gasteiger partial charge in [0.05, 0.1) is 5.69 Å². The van der Waals surface area contributed by atoms with E-state index in [2.05, 4.69) is 9.71 Å². The van der Waals surface area contributed by atoms with Gasteiger partial charge in [-0.05, 0) is 30.7 Å². The molecule has 0 unspecified atom stereocenters. The topological polar surface area (TPSA) is 79.0 Å². The minimum atomic E-state index is -3.85. The molecule has 0 aliphatic carbocycles. The molecule has 0 aliphatic rings. The second-order valence-electron chi connectivity index (χ2n) is 4.08. The highest BCUT2D eigenvalue weighted by Gasteiger charge is 2.16. The second-order valence-corrected chi connectivity index (χ2v) is 6.58. The van der Waals surface area contributed by atoms with E-state index in [1.54, 1.807) is 12.1 Å². The first-order valence-electron chi connectivity index (χ1n) is 5.47. The number of hydrogen-bond donors (Lipinski definition) is 2. The van der Waals surface area contributed by atoms with Crippen LogP contribution in [0.2, 0.25) is 10.0 Å². The highest BCUT2D eigenvalue weighted by Crippen LogP contribution is 2.22. The van der Waals surface area contributed by atoms with Crippen molar-refractivity contribution in [2.45, 2.75) is 11.8 Å². The third-order valence-corrected chi connectivity index (χ3v) is 4.61. The van der Waals surface area contributed by atoms with Crippen molar-refractivity contribution in [1.82, 2.24) is 4.98 Å². The number of aromatic nitrogens is 1. The number of nitrogens with one attached hydrogen (secondary N) is 2. The fraction of sp³-hybridized carbons (Fsp3) is 0.0833. The lowest BCUT2D eigenvalue weighted by molar-refractivity contribution is 0.600. The zero-order chi connectivity index (χ0) is 14.9. The zero-order valence-corrected chi connectivity index (χ0v) is 12.6. The highest BCUT2D eigenvalue weighted by molar-refractivity contribution is 7.92. The summed E-state index contributed by atoms with van der Waals surface area (Å²) in [7, 11) is -3.85. The maximum atomic E-state index is 12.1. The van der Waals surface area contributed by atoms with Crippen molar-refractivity contribution in [3.05, 3.63) is 56.4 Å². The normalized spacial score (nSPS) is 11.3. The number of halogens is 2. The van der Waals surface area contributed by atoms with Crippen molar-refractivity contribution < 1.29 is 8.42 Å². The summed E-state index contributed by atoms with van der Waals surface area (Å²) in [6.45, 7) is 1.81. The number of hydrogen-bond acceptors (Lipinski definition) is 3. The largest absolute Gasteiger partial charge is 0.326 e. The smallest absolute Gasteiger partial charge is 0.266 e. The molecular weight excluding hydrogens is 323 g/mol. The fourth-order valence-corrected chi connectivity index (χ4v) is 2.92. The minimum Gasteiger partial charge on any atom is -0.326 e. The van der Waals surface area contributed by atoms with Gasteiger partial charge < -0.3 is 4.98 Å². The number of benzene rings is 1. The standard InChI is InChI=1S/C12H10Cl2N2O3S/c1-7-2-3-8(4-10(7)13)16-20(18,19)9-5-11(14)12(17)15-6-9/h2-6,16H,1H3,(H,15,17). The Morgan fingerprint density at radius 3 is 2.45 bits per heavy atom. The summed E-state index contributed by atoms with van der Waals surface area (Å²) in [4.78, 5) is 13.2. The van der Waals surface area contributed by atoms with Crippen LogP contribution in [0.15, 0.2) is 40.2 Å². The maximum Gasteiger partial charge on any atom is 0.266 e. The van der Waals surface area contributed by atoms with Gasteiger partial charge in [-0.15, -0.1) is 0 Å². The van der Waals surface area contributed by atoms with E-state index in [0.29, 0.717) is 10.7 Å². The lowest BCUT2D eigenvalue weighted by Crippen LogP contribution is -2.16. The predicted octanol–water partition coefficient (Wildman–Crippen LogP) is 2.79. The van der Waals surface area contributed by atoms with Crippen molar-refractivity contribution >= 4 is 38.9 Å². The van der Waals surface area contributed by atoms with Crippen LogP contribution in [-0.4, -0.2) is 13.4 Å². The molecule has 8 heteroatoms. The summed E-state index contributed by atoms with van der Waals surface area (Å²) >= 11 is 11.5. The van der Waals surface area contributed by atoms with Gasteiger partial charge >= 0.3 is 0 Å². The van der Waals surface area contributed by atoms with Gasteiger partial charge in [-0.1, -0.05) is 29.3 Å². The van der Waals surface area contributed by atoms with Crippen molar-refractivity contribution in [2.24, 2.45) is 0 Å². The summed E-state index contributed by atoms with van der Waals surface area (Å²) in [6, 6.07) is 5.87. The van der Waals surface area contributed by atoms with Gasteiger partial charge in [0.15, 0.2) is 0 Å². The molecule has 0 saturated carbocycles. The summed E-state index contributed by atoms with van der Waals surface area (Å²) in [6.07, 6.45) is 1.08. The van der Waals surface area contributed by atoms with E-state index < -0.39 is 15.6 Å². The van der Waals surface area contributed by atoms with Crippen LogP contribution in [0, 0.1) is 6.92 Å². The van der Waals surface area contributed by atoms with Crippen LogP contribution in [0.1, 0.15) is 5.56 Å². The number of rotatable bonds is 3. The summed E-state index contributed by atoms with van der Waals surface area (Å²) in [5.74, 6) is 0. The van der Waals surface area contributed by atoms with Crippen LogP contribution in [0.25, 0.3) is 0 Å². The predicted molar refractivity (Wildman–Crippen MR) is 79.1 cm³/mol. The van der Waals surface area contributed by atoms with Crippen LogP contribution < -0.4 is 10.3 Å². The summed E-state index contributed by atoms with van der Waals surface area (Å²) in [5.41, 5.74) is 0.605. The van der Waals surface area contributed by atoms with E-state index in [4.69, 9.17) is 23.2 Å². The molecule has 0 aliphatic heterocycles. The van der Waals surface area contributed by atoms with E-state index in [1.165, 1.54) is 6.07 Å². The average molecular weight is 333 g/mol. The third-order valence-electron chi connectivity index (χ3n) is 2.57. The van der Waals surface area contributed by atoms with Crippen molar-refractivity contribution in [3.8, 4) is 0 Å². The van der Waals surface area contributed by atoms with Gasteiger partial charge in [0.1, 0.15) is 9.92 Å². The Bertz CT molecular complexity index is 816. The number of pyridine rings is 1. The first kappa shape index (κ1) is 14.9. The van der Waals surface area contributed by atoms with E-state index in [0.717, 1.165) is 17.8 Å². The Kier molecular flexibility index (Phi) is 4.08. The summed E-state index contributed by atoms with van der Waals surface area (Å²) in [5, 5.41) is 0.250. The van der Waals surface area contributed by atoms with Gasteiger partial charge in [-0.3, -0.25) is 9.52 Å². The molecule has 1 aromatic heterocycles. The van der Waals surface area contributed by atoms with Gasteiger partial charge in [-0.2, -0.15) is 0 Å². The average Bonchev–Trinajstić information content (AvgIpc) is 2.37. The molecule has 0 radical (unpaired) electrons. The Morgan fingerprint density at radius 2 is 1.85 bits per heavy atom. The van der Waals surface area contributed by atoms with Gasteiger partial charge in [0.25, 0.3) is 15.6 Å². The van der Waals surface area contributed by atoms with E-state index in [1.807, 2.05) is 6.92 Å². The number of H-pyrrole nitrogens is 1. The lowest BCUT2D eigenvalue weighted by Gasteiger charge is -2.09. The molecule has 0 spiro atoms. The quantitative estimate of drug-likeness (QED) is 0.906. The Hall–Kier alpha value is -1.50. The van der Waals surface area contributed by atoms with E-state index >= 15 is 0 Å². The maximum absolute atomic E-state index is 12.1. The summed E-state index contributed by atoms with van der Waals surface area (Å²) < 4.78 is 26.6. The molecular formula is C12H10Cl2N2O3S. The van der Waals surface area contributed by atoms with Crippen LogP contribution in [0.3, 0.4) is 0 Å². The first-order chi connectivity index (χ1) is 9.29. The fourth-order valence-electron chi connectivity index (χ4n) is 1.46. The molecule has 20 heavy (non-hydrogen) atoms. The van der Waals surface area contributed by atoms with Gasteiger partial charge in [-0.25, -0.2) is 8.42 Å². The van der Waals surface area contributed by atoms with Crippen molar-refractivity contribution in [3.63, 3.8) is 0 Å². The molecule has 2 aromatic rings. The molecule has 0 saturated heterocycles. The van der Waals surface area contributed by atoms with Crippen molar-refractivity contribution in [1.29, 1.82) is 0 Å². The highest BCUT2D eigenvalue weighted by atomic mass is 35.5. The number of aryl methyl sites for hydroxylation is 1. The number of aromatic amines is 1. The third kappa shape index (κ3) is 3.15. The Balaban J connectivity index is 2.37. The number of anilines is 1. The second kappa shape index (κ2) is 5.47. The van der Waals surface area contributed by atoms with E-state index in [9.17, 15) is 13.2 Å². The molecule has 2 N–H and O–H groups in total. The zero-order valence-electron chi connectivity index (χ0n) is 10.3. The van der Waals surface area contributed by atoms with Crippen LogP contribution in [0.4, 0.5) is 5.69 Å². The Morgan fingerprint density at radius 1 is 1.15 bits per heavy atom. The molecule has 1 heterocycles. The van der Waals surface area contributed by atoms with Crippen LogP contribution in [0.5, 0.6) is 0 Å². The first-order valence-corrected chi connectivity index (χ1v) is 7.71. The molecule has 1 aromatic carbocycles. The van der Waals surface area contributed by atoms with Crippen LogP contribution >= 0.6 is 23.2 Å². The van der Waals surface area contributed by atoms with Gasteiger partial charge in [0, 0.05) is 11.2 Å². The lowest BCUT2D eigenvalue weighted by atomic mass is 10.2. The monoisotopic (exact) mass is 332 g/mol. The Labute approximate surface area is 125 Å². The molecule has 0 atom stereocenters. The van der Waals surface area contributed by atoms with E-state index in [-0.39, 0.29) is 9.92 Å². The number of sulfonamides is 1. The molecule has 2 rings (SSSR count). The minimum absolute atomic E-state index is 0.140. The molecule has 5 nitrogen and oxygen atoms in total. The van der Waals surface area contributed by atoms with Crippen LogP contribution in [-0.2, 0) is 10.0 Å². The van der Waals surface area contributed by atoms with Crippen molar-refractivity contribution in [2.75, 3.05) is 4.72 Å². The molecule has 0 bridgehead atoms. The SMILES string of the molecule is Cc1ccc(NS(=O)(=O)c2c[nH]c(=O)c(Cl)c2)cc1Cl.